The van der Waals surface area contributed by atoms with Crippen molar-refractivity contribution in [3.05, 3.63) is 53.3 Å². The molecule has 1 heterocycles. The lowest BCUT2D eigenvalue weighted by atomic mass is 10.1. The molecule has 0 bridgehead atoms. The molecule has 1 aromatic heterocycles. The van der Waals surface area contributed by atoms with Crippen molar-refractivity contribution in [3.8, 4) is 0 Å². The van der Waals surface area contributed by atoms with Gasteiger partial charge in [-0.3, -0.25) is 14.6 Å². The van der Waals surface area contributed by atoms with E-state index >= 15 is 0 Å². The molecule has 2 rings (SSSR count). The van der Waals surface area contributed by atoms with E-state index in [2.05, 4.69) is 10.3 Å². The third-order valence-corrected chi connectivity index (χ3v) is 3.21. The van der Waals surface area contributed by atoms with Crippen LogP contribution >= 0.6 is 0 Å². The number of carbonyl (C=O) groups is 2. The fourth-order valence-corrected chi connectivity index (χ4v) is 2.06. The molecule has 144 valence electrons. The van der Waals surface area contributed by atoms with E-state index in [9.17, 15) is 35.9 Å². The molecule has 1 aromatic carbocycles. The Morgan fingerprint density at radius 3 is 2.07 bits per heavy atom. The number of halogens is 6. The van der Waals surface area contributed by atoms with Gasteiger partial charge in [-0.2, -0.15) is 26.3 Å². The first-order valence-corrected chi connectivity index (χ1v) is 7.21. The van der Waals surface area contributed by atoms with Gasteiger partial charge in [-0.1, -0.05) is 0 Å². The van der Waals surface area contributed by atoms with Gasteiger partial charge < -0.3 is 10.6 Å². The second kappa shape index (κ2) is 7.25. The van der Waals surface area contributed by atoms with Crippen molar-refractivity contribution >= 4 is 23.2 Å². The molecule has 0 unspecified atom stereocenters. The molecule has 0 aliphatic carbocycles. The Balaban J connectivity index is 2.30. The lowest BCUT2D eigenvalue weighted by Gasteiger charge is -2.15. The van der Waals surface area contributed by atoms with Gasteiger partial charge in [0.05, 0.1) is 16.8 Å². The van der Waals surface area contributed by atoms with Gasteiger partial charge in [0.1, 0.15) is 5.69 Å². The minimum absolute atomic E-state index is 0.135. The number of anilines is 2. The second-order valence-corrected chi connectivity index (χ2v) is 5.32. The highest BCUT2D eigenvalue weighted by Gasteiger charge is 2.35. The smallest absolute Gasteiger partial charge is 0.326 e. The Hall–Kier alpha value is -3.11. The van der Waals surface area contributed by atoms with Crippen molar-refractivity contribution in [2.24, 2.45) is 0 Å². The molecule has 2 N–H and O–H groups in total. The topological polar surface area (TPSA) is 71.1 Å². The summed E-state index contributed by atoms with van der Waals surface area (Å²) >= 11 is 0. The number of pyridine rings is 1. The van der Waals surface area contributed by atoms with Gasteiger partial charge in [0.25, 0.3) is 5.91 Å². The fraction of sp³-hybridized carbons (Fsp3) is 0.188. The van der Waals surface area contributed by atoms with E-state index in [4.69, 9.17) is 0 Å². The van der Waals surface area contributed by atoms with E-state index in [1.54, 1.807) is 0 Å². The molecule has 5 nitrogen and oxygen atoms in total. The van der Waals surface area contributed by atoms with E-state index in [0.29, 0.717) is 18.3 Å². The van der Waals surface area contributed by atoms with Crippen LogP contribution in [0.2, 0.25) is 0 Å². The first-order valence-electron chi connectivity index (χ1n) is 7.21. The van der Waals surface area contributed by atoms with E-state index in [-0.39, 0.29) is 11.3 Å². The van der Waals surface area contributed by atoms with E-state index < -0.39 is 41.1 Å². The molecule has 0 saturated carbocycles. The van der Waals surface area contributed by atoms with Crippen LogP contribution in [0.3, 0.4) is 0 Å². The summed E-state index contributed by atoms with van der Waals surface area (Å²) < 4.78 is 77.0. The number of aromatic nitrogens is 1. The fourth-order valence-electron chi connectivity index (χ4n) is 2.06. The number of hydrogen-bond acceptors (Lipinski definition) is 3. The number of nitrogens with zero attached hydrogens (tertiary/aromatic N) is 1. The van der Waals surface area contributed by atoms with Crippen LogP contribution in [0.1, 0.15) is 28.5 Å². The second-order valence-electron chi connectivity index (χ2n) is 5.32. The van der Waals surface area contributed by atoms with Gasteiger partial charge >= 0.3 is 12.4 Å². The summed E-state index contributed by atoms with van der Waals surface area (Å²) in [4.78, 5) is 26.1. The summed E-state index contributed by atoms with van der Waals surface area (Å²) in [6.07, 6.45) is -8.95. The van der Waals surface area contributed by atoms with Crippen LogP contribution in [0.25, 0.3) is 0 Å². The highest BCUT2D eigenvalue weighted by molar-refractivity contribution is 6.04. The zero-order valence-corrected chi connectivity index (χ0v) is 13.5. The van der Waals surface area contributed by atoms with Gasteiger partial charge in [0.15, 0.2) is 0 Å². The van der Waals surface area contributed by atoms with Crippen LogP contribution in [0.4, 0.5) is 37.7 Å². The largest absolute Gasteiger partial charge is 0.433 e. The summed E-state index contributed by atoms with van der Waals surface area (Å²) in [5.41, 5.74) is -3.59. The van der Waals surface area contributed by atoms with E-state index in [1.165, 1.54) is 0 Å². The number of carbonyl (C=O) groups excluding carboxylic acids is 2. The molecule has 0 saturated heterocycles. The molecule has 27 heavy (non-hydrogen) atoms. The van der Waals surface area contributed by atoms with Crippen LogP contribution in [0.15, 0.2) is 36.5 Å². The van der Waals surface area contributed by atoms with Crippen molar-refractivity contribution in [2.45, 2.75) is 19.3 Å². The maximum Gasteiger partial charge on any atom is 0.433 e. The van der Waals surface area contributed by atoms with E-state index in [1.807, 2.05) is 5.32 Å². The van der Waals surface area contributed by atoms with E-state index in [0.717, 1.165) is 25.1 Å². The molecule has 0 aliphatic rings. The molecule has 2 amide bonds. The summed E-state index contributed by atoms with van der Waals surface area (Å²) in [5, 5.41) is 4.16. The predicted molar refractivity (Wildman–Crippen MR) is 82.9 cm³/mol. The molecular weight excluding hydrogens is 380 g/mol. The van der Waals surface area contributed by atoms with Gasteiger partial charge in [-0.05, 0) is 30.3 Å². The standard InChI is InChI=1S/C16H11F6N3O2/c1-8(26)24-10-3-4-12(11(6-10)15(17,18)19)25-14(27)9-2-5-13(23-7-9)16(20,21)22/h2-7H,1H3,(H,24,26)(H,25,27). The number of rotatable bonds is 3. The van der Waals surface area contributed by atoms with Crippen molar-refractivity contribution in [3.63, 3.8) is 0 Å². The Bertz CT molecular complexity index is 860. The third-order valence-electron chi connectivity index (χ3n) is 3.21. The number of alkyl halides is 6. The Kier molecular flexibility index (Phi) is 5.43. The molecule has 0 aliphatic heterocycles. The van der Waals surface area contributed by atoms with Crippen molar-refractivity contribution < 1.29 is 35.9 Å². The Labute approximate surface area is 148 Å². The quantitative estimate of drug-likeness (QED) is 0.766. The van der Waals surface area contributed by atoms with Crippen molar-refractivity contribution in [2.75, 3.05) is 10.6 Å². The van der Waals surface area contributed by atoms with Crippen molar-refractivity contribution in [1.29, 1.82) is 0 Å². The van der Waals surface area contributed by atoms with Crippen LogP contribution in [0.5, 0.6) is 0 Å². The Morgan fingerprint density at radius 1 is 0.926 bits per heavy atom. The zero-order chi connectivity index (χ0) is 20.4. The number of amides is 2. The molecule has 11 heteroatoms. The lowest BCUT2D eigenvalue weighted by molar-refractivity contribution is -0.141. The number of nitrogens with one attached hydrogen (secondary N) is 2. The minimum atomic E-state index is -4.85. The average Bonchev–Trinajstić information content (AvgIpc) is 2.54. The molecule has 0 fully saturated rings. The molecule has 0 atom stereocenters. The third kappa shape index (κ3) is 5.19. The summed E-state index contributed by atoms with van der Waals surface area (Å²) in [5.74, 6) is -1.66. The maximum absolute atomic E-state index is 13.2. The molecular formula is C16H11F6N3O2. The van der Waals surface area contributed by atoms with Crippen LogP contribution < -0.4 is 10.6 Å². The maximum atomic E-state index is 13.2. The van der Waals surface area contributed by atoms with Gasteiger partial charge in [0.2, 0.25) is 5.91 Å². The zero-order valence-electron chi connectivity index (χ0n) is 13.5. The summed E-state index contributed by atoms with van der Waals surface area (Å²) in [6.45, 7) is 1.11. The van der Waals surface area contributed by atoms with Crippen LogP contribution in [0, 0.1) is 0 Å². The number of hydrogen-bond donors (Lipinski definition) is 2. The lowest BCUT2D eigenvalue weighted by Crippen LogP contribution is -2.18. The summed E-state index contributed by atoms with van der Waals surface area (Å²) in [7, 11) is 0. The average molecular weight is 391 g/mol. The van der Waals surface area contributed by atoms with Crippen molar-refractivity contribution in [1.82, 2.24) is 4.98 Å². The number of benzene rings is 1. The first kappa shape index (κ1) is 20.2. The monoisotopic (exact) mass is 391 g/mol. The highest BCUT2D eigenvalue weighted by atomic mass is 19.4. The van der Waals surface area contributed by atoms with Gasteiger partial charge in [0, 0.05) is 18.8 Å². The van der Waals surface area contributed by atoms with Gasteiger partial charge in [-0.25, -0.2) is 0 Å². The molecule has 0 spiro atoms. The molecule has 2 aromatic rings. The minimum Gasteiger partial charge on any atom is -0.326 e. The highest BCUT2D eigenvalue weighted by Crippen LogP contribution is 2.37. The normalized spacial score (nSPS) is 11.8. The molecule has 0 radical (unpaired) electrons. The SMILES string of the molecule is CC(=O)Nc1ccc(NC(=O)c2ccc(C(F)(F)F)nc2)c(C(F)(F)F)c1. The van der Waals surface area contributed by atoms with Crippen LogP contribution in [-0.2, 0) is 17.1 Å². The first-order chi connectivity index (χ1) is 12.4. The van der Waals surface area contributed by atoms with Gasteiger partial charge in [-0.15, -0.1) is 0 Å². The predicted octanol–water partition coefficient (Wildman–Crippen LogP) is 4.33. The van der Waals surface area contributed by atoms with Crippen LogP contribution in [-0.4, -0.2) is 16.8 Å². The summed E-state index contributed by atoms with van der Waals surface area (Å²) in [6, 6.07) is 4.02. The Morgan fingerprint density at radius 2 is 1.59 bits per heavy atom.